The van der Waals surface area contributed by atoms with Crippen LogP contribution in [0.25, 0.3) is 0 Å². The topological polar surface area (TPSA) is 95.7 Å². The van der Waals surface area contributed by atoms with Crippen LogP contribution in [0.15, 0.2) is 0 Å². The van der Waals surface area contributed by atoms with Crippen LogP contribution in [0.3, 0.4) is 0 Å². The van der Waals surface area contributed by atoms with Gasteiger partial charge in [-0.15, -0.1) is 0 Å². The van der Waals surface area contributed by atoms with E-state index in [1.54, 1.807) is 0 Å². The summed E-state index contributed by atoms with van der Waals surface area (Å²) in [6.07, 6.45) is 3.63. The maximum absolute atomic E-state index is 12.9. The van der Waals surface area contributed by atoms with Gasteiger partial charge in [0.05, 0.1) is 5.41 Å². The van der Waals surface area contributed by atoms with Crippen LogP contribution >= 0.6 is 0 Å². The largest absolute Gasteiger partial charge is 0.340 e. The lowest BCUT2D eigenvalue weighted by molar-refractivity contribution is -0.145. The van der Waals surface area contributed by atoms with Gasteiger partial charge in [0.1, 0.15) is 0 Å². The molecule has 0 bridgehead atoms. The number of carbonyl (C=O) groups is 1. The van der Waals surface area contributed by atoms with Crippen LogP contribution in [0.4, 0.5) is 0 Å². The van der Waals surface area contributed by atoms with E-state index in [1.807, 2.05) is 4.90 Å². The molecule has 1 amide bonds. The minimum absolute atomic E-state index is 0.194. The average Bonchev–Trinajstić information content (AvgIpc) is 2.47. The third kappa shape index (κ3) is 3.74. The Hall–Kier alpha value is -0.700. The minimum Gasteiger partial charge on any atom is -0.340 e. The van der Waals surface area contributed by atoms with Gasteiger partial charge in [0.15, 0.2) is 0 Å². The van der Waals surface area contributed by atoms with Gasteiger partial charge in [0.25, 0.3) is 10.2 Å². The monoisotopic (exact) mass is 318 g/mol. The van der Waals surface area contributed by atoms with Crippen LogP contribution in [-0.2, 0) is 15.0 Å². The Balaban J connectivity index is 2.02. The van der Waals surface area contributed by atoms with Crippen molar-refractivity contribution in [3.05, 3.63) is 0 Å². The first-order chi connectivity index (χ1) is 9.89. The average molecular weight is 318 g/mol. The molecule has 2 aliphatic heterocycles. The first-order valence-electron chi connectivity index (χ1n) is 7.67. The van der Waals surface area contributed by atoms with Crippen LogP contribution in [-0.4, -0.2) is 62.8 Å². The summed E-state index contributed by atoms with van der Waals surface area (Å²) >= 11 is 0. The Labute approximate surface area is 127 Å². The third-order valence-corrected chi connectivity index (χ3v) is 5.71. The van der Waals surface area contributed by atoms with Crippen molar-refractivity contribution in [2.24, 2.45) is 10.6 Å². The summed E-state index contributed by atoms with van der Waals surface area (Å²) in [4.78, 5) is 14.7. The molecular weight excluding hydrogens is 292 g/mol. The second-order valence-corrected chi connectivity index (χ2v) is 7.56. The summed E-state index contributed by atoms with van der Waals surface area (Å²) in [7, 11) is -3.64. The molecule has 2 fully saturated rings. The molecule has 122 valence electrons. The van der Waals surface area contributed by atoms with Crippen LogP contribution in [0, 0.1) is 5.41 Å². The van der Waals surface area contributed by atoms with Crippen LogP contribution in [0.5, 0.6) is 0 Å². The fourth-order valence-electron chi connectivity index (χ4n) is 3.44. The molecule has 2 rings (SSSR count). The zero-order chi connectivity index (χ0) is 15.5. The van der Waals surface area contributed by atoms with Gasteiger partial charge in [0.2, 0.25) is 5.91 Å². The summed E-state index contributed by atoms with van der Waals surface area (Å²) < 4.78 is 23.9. The normalized spacial score (nSPS) is 24.0. The maximum Gasteiger partial charge on any atom is 0.277 e. The van der Waals surface area contributed by atoms with Gasteiger partial charge in [-0.2, -0.15) is 12.7 Å². The molecule has 2 heterocycles. The molecule has 0 aromatic carbocycles. The molecule has 2 saturated heterocycles. The van der Waals surface area contributed by atoms with Gasteiger partial charge in [-0.1, -0.05) is 13.3 Å². The molecule has 2 aliphatic rings. The van der Waals surface area contributed by atoms with Gasteiger partial charge < -0.3 is 10.2 Å². The third-order valence-electron chi connectivity index (χ3n) is 4.63. The first-order valence-corrected chi connectivity index (χ1v) is 9.17. The van der Waals surface area contributed by atoms with E-state index in [0.29, 0.717) is 26.2 Å². The highest BCUT2D eigenvalue weighted by molar-refractivity contribution is 7.86. The minimum atomic E-state index is -3.64. The number of carbonyl (C=O) groups excluding carboxylic acids is 1. The predicted octanol–water partition coefficient (Wildman–Crippen LogP) is -0.496. The number of hydrogen-bond donors (Lipinski definition) is 2. The zero-order valence-corrected chi connectivity index (χ0v) is 13.5. The van der Waals surface area contributed by atoms with Crippen LogP contribution < -0.4 is 10.5 Å². The van der Waals surface area contributed by atoms with Crippen molar-refractivity contribution in [2.75, 3.05) is 39.3 Å². The summed E-state index contributed by atoms with van der Waals surface area (Å²) in [5, 5.41) is 8.44. The number of nitrogens with one attached hydrogen (secondary N) is 1. The van der Waals surface area contributed by atoms with E-state index in [4.69, 9.17) is 5.14 Å². The van der Waals surface area contributed by atoms with Crippen molar-refractivity contribution in [1.29, 1.82) is 0 Å². The summed E-state index contributed by atoms with van der Waals surface area (Å²) in [6, 6.07) is 0. The lowest BCUT2D eigenvalue weighted by Gasteiger charge is -2.42. The number of hydrogen-bond acceptors (Lipinski definition) is 4. The molecule has 3 N–H and O–H groups in total. The molecule has 0 spiro atoms. The Morgan fingerprint density at radius 1 is 1.19 bits per heavy atom. The second kappa shape index (κ2) is 6.60. The smallest absolute Gasteiger partial charge is 0.277 e. The number of nitrogens with two attached hydrogens (primary N) is 1. The number of amides is 1. The quantitative estimate of drug-likeness (QED) is 0.731. The molecule has 8 heteroatoms. The second-order valence-electron chi connectivity index (χ2n) is 6.02. The number of piperazine rings is 1. The van der Waals surface area contributed by atoms with Crippen molar-refractivity contribution >= 4 is 16.1 Å². The van der Waals surface area contributed by atoms with E-state index < -0.39 is 10.2 Å². The van der Waals surface area contributed by atoms with Gasteiger partial charge >= 0.3 is 0 Å². The molecule has 0 saturated carbocycles. The summed E-state index contributed by atoms with van der Waals surface area (Å²) in [5.41, 5.74) is -0.260. The van der Waals surface area contributed by atoms with Gasteiger partial charge in [0, 0.05) is 26.2 Å². The molecule has 0 aromatic heterocycles. The lowest BCUT2D eigenvalue weighted by Crippen LogP contribution is -2.56. The van der Waals surface area contributed by atoms with E-state index >= 15 is 0 Å². The molecule has 21 heavy (non-hydrogen) atoms. The fourth-order valence-corrected chi connectivity index (χ4v) is 4.11. The number of piperidine rings is 1. The molecule has 7 nitrogen and oxygen atoms in total. The lowest BCUT2D eigenvalue weighted by atomic mass is 9.74. The zero-order valence-electron chi connectivity index (χ0n) is 12.7. The van der Waals surface area contributed by atoms with Gasteiger partial charge in [-0.25, -0.2) is 5.14 Å². The Morgan fingerprint density at radius 3 is 2.24 bits per heavy atom. The van der Waals surface area contributed by atoms with E-state index in [2.05, 4.69) is 12.2 Å². The van der Waals surface area contributed by atoms with Gasteiger partial charge in [-0.3, -0.25) is 4.79 Å². The first kappa shape index (κ1) is 16.7. The van der Waals surface area contributed by atoms with E-state index in [9.17, 15) is 13.2 Å². The predicted molar refractivity (Wildman–Crippen MR) is 80.7 cm³/mol. The fraction of sp³-hybridized carbons (Fsp3) is 0.923. The molecule has 0 atom stereocenters. The van der Waals surface area contributed by atoms with Crippen molar-refractivity contribution < 1.29 is 13.2 Å². The molecule has 0 aromatic rings. The van der Waals surface area contributed by atoms with Crippen molar-refractivity contribution in [3.63, 3.8) is 0 Å². The highest BCUT2D eigenvalue weighted by Gasteiger charge is 2.42. The molecule has 0 unspecified atom stereocenters. The van der Waals surface area contributed by atoms with Crippen LogP contribution in [0.1, 0.15) is 32.6 Å². The SMILES string of the molecule is CCCC1(C(=O)N2CCN(S(N)(=O)=O)CC2)CCNCC1. The number of rotatable bonds is 4. The Morgan fingerprint density at radius 2 is 1.76 bits per heavy atom. The Bertz CT molecular complexity index is 460. The van der Waals surface area contributed by atoms with Gasteiger partial charge in [-0.05, 0) is 32.4 Å². The number of nitrogens with zero attached hydrogens (tertiary/aromatic N) is 2. The Kier molecular flexibility index (Phi) is 5.24. The molecule has 0 aliphatic carbocycles. The highest BCUT2D eigenvalue weighted by Crippen LogP contribution is 2.36. The molecular formula is C13H26N4O3S. The summed E-state index contributed by atoms with van der Waals surface area (Å²) in [5.74, 6) is 0.194. The van der Waals surface area contributed by atoms with E-state index in [1.165, 1.54) is 4.31 Å². The van der Waals surface area contributed by atoms with Crippen molar-refractivity contribution in [3.8, 4) is 0 Å². The van der Waals surface area contributed by atoms with E-state index in [0.717, 1.165) is 38.8 Å². The highest BCUT2D eigenvalue weighted by atomic mass is 32.2. The maximum atomic E-state index is 12.9. The van der Waals surface area contributed by atoms with Crippen molar-refractivity contribution in [2.45, 2.75) is 32.6 Å². The van der Waals surface area contributed by atoms with Crippen molar-refractivity contribution in [1.82, 2.24) is 14.5 Å². The van der Waals surface area contributed by atoms with Crippen LogP contribution in [0.2, 0.25) is 0 Å². The van der Waals surface area contributed by atoms with E-state index in [-0.39, 0.29) is 11.3 Å². The summed E-state index contributed by atoms with van der Waals surface area (Å²) in [6.45, 7) is 5.33. The molecule has 0 radical (unpaired) electrons. The standard InChI is InChI=1S/C13H26N4O3S/c1-2-3-13(4-6-15-7-5-13)12(18)16-8-10-17(11-9-16)21(14,19)20/h15H,2-11H2,1H3,(H2,14,19,20).